The van der Waals surface area contributed by atoms with E-state index < -0.39 is 30.4 Å². The number of nitrogens with zero attached hydrogens (tertiary/aromatic N) is 2. The molecule has 3 N–H and O–H groups in total. The smallest absolute Gasteiger partial charge is 0.326 e. The molecule has 2 aliphatic rings. The Morgan fingerprint density at radius 1 is 1.10 bits per heavy atom. The van der Waals surface area contributed by atoms with Crippen LogP contribution in [-0.4, -0.2) is 76.7 Å². The second-order valence-corrected chi connectivity index (χ2v) is 5.67. The number of rotatable bonds is 6. The van der Waals surface area contributed by atoms with E-state index >= 15 is 0 Å². The quantitative estimate of drug-likeness (QED) is 0.618. The molecule has 21 heavy (non-hydrogen) atoms. The molecule has 8 nitrogen and oxygen atoms in total. The lowest BCUT2D eigenvalue weighted by Gasteiger charge is -2.35. The summed E-state index contributed by atoms with van der Waals surface area (Å²) in [6.45, 7) is 3.71. The van der Waals surface area contributed by atoms with Crippen molar-refractivity contribution in [1.29, 1.82) is 0 Å². The van der Waals surface area contributed by atoms with Gasteiger partial charge in [0.05, 0.1) is 6.42 Å². The van der Waals surface area contributed by atoms with Gasteiger partial charge in [-0.3, -0.25) is 9.69 Å². The number of aliphatic carboxylic acids is 2. The largest absolute Gasteiger partial charge is 0.481 e. The maximum Gasteiger partial charge on any atom is 0.326 e. The van der Waals surface area contributed by atoms with Crippen molar-refractivity contribution in [2.45, 2.75) is 25.3 Å². The van der Waals surface area contributed by atoms with Gasteiger partial charge < -0.3 is 20.4 Å². The molecule has 0 spiro atoms. The summed E-state index contributed by atoms with van der Waals surface area (Å²) in [5.74, 6) is -1.78. The SMILES string of the molecule is O=C(O)C[C@H](NC(=O)N1CCN(CC2CC2)CC1)C(=O)O. The van der Waals surface area contributed by atoms with Gasteiger partial charge in [-0.05, 0) is 18.8 Å². The van der Waals surface area contributed by atoms with Crippen LogP contribution in [0.1, 0.15) is 19.3 Å². The average molecular weight is 299 g/mol. The number of carbonyl (C=O) groups is 3. The molecule has 0 aromatic rings. The molecule has 1 aliphatic carbocycles. The minimum absolute atomic E-state index is 0.505. The summed E-state index contributed by atoms with van der Waals surface area (Å²) in [6, 6.07) is -1.89. The zero-order valence-corrected chi connectivity index (χ0v) is 11.8. The highest BCUT2D eigenvalue weighted by Gasteiger charge is 2.29. The zero-order chi connectivity index (χ0) is 15.4. The number of carbonyl (C=O) groups excluding carboxylic acids is 1. The first-order valence-corrected chi connectivity index (χ1v) is 7.18. The predicted octanol–water partition coefficient (Wildman–Crippen LogP) is -0.348. The molecule has 1 saturated heterocycles. The Morgan fingerprint density at radius 2 is 1.71 bits per heavy atom. The van der Waals surface area contributed by atoms with E-state index in [1.807, 2.05) is 0 Å². The summed E-state index contributed by atoms with van der Waals surface area (Å²) >= 11 is 0. The number of carboxylic acids is 2. The molecule has 0 aromatic heterocycles. The fourth-order valence-corrected chi connectivity index (χ4v) is 2.41. The van der Waals surface area contributed by atoms with E-state index in [0.29, 0.717) is 13.1 Å². The van der Waals surface area contributed by atoms with Crippen molar-refractivity contribution in [2.75, 3.05) is 32.7 Å². The van der Waals surface area contributed by atoms with E-state index in [9.17, 15) is 14.4 Å². The maximum atomic E-state index is 12.0. The van der Waals surface area contributed by atoms with Crippen molar-refractivity contribution in [3.05, 3.63) is 0 Å². The Morgan fingerprint density at radius 3 is 2.19 bits per heavy atom. The monoisotopic (exact) mass is 299 g/mol. The van der Waals surface area contributed by atoms with Gasteiger partial charge in [0.1, 0.15) is 6.04 Å². The standard InChI is InChI=1S/C13H21N3O5/c17-11(18)7-10(12(19)20)14-13(21)16-5-3-15(4-6-16)8-9-1-2-9/h9-10H,1-8H2,(H,14,21)(H,17,18)(H,19,20)/t10-/m0/s1. The first-order valence-electron chi connectivity index (χ1n) is 7.18. The summed E-state index contributed by atoms with van der Waals surface area (Å²) in [5, 5.41) is 19.8. The van der Waals surface area contributed by atoms with E-state index in [4.69, 9.17) is 10.2 Å². The molecule has 0 unspecified atom stereocenters. The van der Waals surface area contributed by atoms with Crippen molar-refractivity contribution >= 4 is 18.0 Å². The van der Waals surface area contributed by atoms with E-state index in [1.54, 1.807) is 4.90 Å². The third-order valence-electron chi connectivity index (χ3n) is 3.85. The Hall–Kier alpha value is -1.83. The highest BCUT2D eigenvalue weighted by atomic mass is 16.4. The van der Waals surface area contributed by atoms with Crippen molar-refractivity contribution in [1.82, 2.24) is 15.1 Å². The van der Waals surface area contributed by atoms with Crippen molar-refractivity contribution in [3.8, 4) is 0 Å². The van der Waals surface area contributed by atoms with E-state index in [1.165, 1.54) is 12.8 Å². The summed E-state index contributed by atoms with van der Waals surface area (Å²) in [7, 11) is 0. The van der Waals surface area contributed by atoms with Crippen LogP contribution in [0, 0.1) is 5.92 Å². The average Bonchev–Trinajstić information content (AvgIpc) is 3.22. The first kappa shape index (κ1) is 15.6. The number of urea groups is 1. The van der Waals surface area contributed by atoms with Gasteiger partial charge in [0.25, 0.3) is 0 Å². The first-order chi connectivity index (χ1) is 9.95. The second-order valence-electron chi connectivity index (χ2n) is 5.67. The molecule has 1 atom stereocenters. The molecule has 2 fully saturated rings. The summed E-state index contributed by atoms with van der Waals surface area (Å²) in [4.78, 5) is 37.3. The minimum Gasteiger partial charge on any atom is -0.481 e. The van der Waals surface area contributed by atoms with Crippen LogP contribution in [0.15, 0.2) is 0 Å². The third kappa shape index (κ3) is 4.89. The number of piperazine rings is 1. The van der Waals surface area contributed by atoms with Crippen LogP contribution < -0.4 is 5.32 Å². The van der Waals surface area contributed by atoms with Gasteiger partial charge in [-0.25, -0.2) is 9.59 Å². The molecular formula is C13H21N3O5. The topological polar surface area (TPSA) is 110 Å². The number of amides is 2. The lowest BCUT2D eigenvalue weighted by Crippen LogP contribution is -2.55. The van der Waals surface area contributed by atoms with Gasteiger partial charge in [-0.2, -0.15) is 0 Å². The minimum atomic E-state index is -1.39. The molecule has 118 valence electrons. The molecule has 1 aliphatic heterocycles. The van der Waals surface area contributed by atoms with Crippen LogP contribution in [0.5, 0.6) is 0 Å². The lowest BCUT2D eigenvalue weighted by molar-refractivity contribution is -0.145. The zero-order valence-electron chi connectivity index (χ0n) is 11.8. The van der Waals surface area contributed by atoms with E-state index in [0.717, 1.165) is 25.6 Å². The fraction of sp³-hybridized carbons (Fsp3) is 0.769. The number of hydrogen-bond acceptors (Lipinski definition) is 4. The van der Waals surface area contributed by atoms with Crippen LogP contribution in [0.4, 0.5) is 4.79 Å². The maximum absolute atomic E-state index is 12.0. The van der Waals surface area contributed by atoms with Crippen LogP contribution in [0.2, 0.25) is 0 Å². The van der Waals surface area contributed by atoms with E-state index in [-0.39, 0.29) is 0 Å². The van der Waals surface area contributed by atoms with Crippen LogP contribution in [0.3, 0.4) is 0 Å². The molecule has 8 heteroatoms. The summed E-state index contributed by atoms with van der Waals surface area (Å²) in [5.41, 5.74) is 0. The predicted molar refractivity (Wildman–Crippen MR) is 72.9 cm³/mol. The number of nitrogens with one attached hydrogen (secondary N) is 1. The van der Waals surface area contributed by atoms with Gasteiger partial charge in [0, 0.05) is 32.7 Å². The molecule has 0 radical (unpaired) electrons. The molecular weight excluding hydrogens is 278 g/mol. The summed E-state index contributed by atoms with van der Waals surface area (Å²) in [6.07, 6.45) is 1.95. The van der Waals surface area contributed by atoms with Crippen molar-refractivity contribution in [2.24, 2.45) is 5.92 Å². The van der Waals surface area contributed by atoms with Crippen LogP contribution >= 0.6 is 0 Å². The van der Waals surface area contributed by atoms with Crippen LogP contribution in [-0.2, 0) is 9.59 Å². The normalized spacial score (nSPS) is 20.9. The lowest BCUT2D eigenvalue weighted by atomic mass is 10.2. The highest BCUT2D eigenvalue weighted by Crippen LogP contribution is 2.29. The Labute approximate surface area is 122 Å². The van der Waals surface area contributed by atoms with Gasteiger partial charge in [-0.15, -0.1) is 0 Å². The van der Waals surface area contributed by atoms with Crippen LogP contribution in [0.25, 0.3) is 0 Å². The molecule has 0 aromatic carbocycles. The molecule has 1 saturated carbocycles. The van der Waals surface area contributed by atoms with Crippen molar-refractivity contribution < 1.29 is 24.6 Å². The fourth-order valence-electron chi connectivity index (χ4n) is 2.41. The van der Waals surface area contributed by atoms with E-state index in [2.05, 4.69) is 10.2 Å². The number of carboxylic acid groups (broad SMARTS) is 2. The van der Waals surface area contributed by atoms with Gasteiger partial charge in [0.15, 0.2) is 0 Å². The molecule has 2 rings (SSSR count). The Balaban J connectivity index is 1.77. The highest BCUT2D eigenvalue weighted by molar-refractivity contribution is 5.86. The van der Waals surface area contributed by atoms with Crippen molar-refractivity contribution in [3.63, 3.8) is 0 Å². The third-order valence-corrected chi connectivity index (χ3v) is 3.85. The second kappa shape index (κ2) is 6.75. The molecule has 0 bridgehead atoms. The molecule has 2 amide bonds. The Kier molecular flexibility index (Phi) is 5.00. The summed E-state index contributed by atoms with van der Waals surface area (Å²) < 4.78 is 0. The Bertz CT molecular complexity index is 416. The van der Waals surface area contributed by atoms with Gasteiger partial charge in [0.2, 0.25) is 0 Å². The molecule has 1 heterocycles. The van der Waals surface area contributed by atoms with Gasteiger partial charge >= 0.3 is 18.0 Å². The van der Waals surface area contributed by atoms with Gasteiger partial charge in [-0.1, -0.05) is 0 Å². The number of hydrogen-bond donors (Lipinski definition) is 3.